The molecule has 1 nitrogen and oxygen atoms in total. The summed E-state index contributed by atoms with van der Waals surface area (Å²) in [5.74, 6) is 2.73. The molecule has 0 aliphatic heterocycles. The molecule has 0 bridgehead atoms. The van der Waals surface area contributed by atoms with E-state index in [1.165, 1.54) is 42.6 Å². The van der Waals surface area contributed by atoms with Gasteiger partial charge in [0.05, 0.1) is 0 Å². The van der Waals surface area contributed by atoms with Gasteiger partial charge in [-0.05, 0) is 43.2 Å². The highest BCUT2D eigenvalue weighted by Gasteiger charge is 2.25. The van der Waals surface area contributed by atoms with Gasteiger partial charge >= 0.3 is 0 Å². The van der Waals surface area contributed by atoms with Gasteiger partial charge in [-0.2, -0.15) is 0 Å². The average Bonchev–Trinajstić information content (AvgIpc) is 2.46. The van der Waals surface area contributed by atoms with Gasteiger partial charge in [0, 0.05) is 16.7 Å². The summed E-state index contributed by atoms with van der Waals surface area (Å²) in [6.07, 6.45) is 6.82. The van der Waals surface area contributed by atoms with Crippen LogP contribution in [0.1, 0.15) is 44.6 Å². The molecular weight excluding hydrogens is 250 g/mol. The van der Waals surface area contributed by atoms with Crippen molar-refractivity contribution in [2.24, 2.45) is 17.6 Å². The first kappa shape index (κ1) is 14.9. The van der Waals surface area contributed by atoms with Gasteiger partial charge in [0.25, 0.3) is 0 Å². The first-order valence-electron chi connectivity index (χ1n) is 7.64. The Bertz CT molecular complexity index is 391. The van der Waals surface area contributed by atoms with Crippen molar-refractivity contribution in [3.05, 3.63) is 29.8 Å². The first-order valence-corrected chi connectivity index (χ1v) is 8.63. The molecule has 2 rings (SSSR count). The Balaban J connectivity index is 1.84. The van der Waals surface area contributed by atoms with Gasteiger partial charge in [-0.25, -0.2) is 0 Å². The quantitative estimate of drug-likeness (QED) is 0.794. The summed E-state index contributed by atoms with van der Waals surface area (Å²) < 4.78 is 0. The molecule has 0 saturated heterocycles. The Morgan fingerprint density at radius 3 is 2.84 bits per heavy atom. The van der Waals surface area contributed by atoms with Crippen molar-refractivity contribution in [3.63, 3.8) is 0 Å². The number of benzene rings is 1. The molecule has 2 N–H and O–H groups in total. The number of nitrogens with two attached hydrogens (primary N) is 1. The van der Waals surface area contributed by atoms with E-state index in [-0.39, 0.29) is 0 Å². The molecular formula is C17H27NS. The van der Waals surface area contributed by atoms with Crippen LogP contribution in [0, 0.1) is 18.8 Å². The van der Waals surface area contributed by atoms with E-state index in [2.05, 4.69) is 38.1 Å². The molecule has 106 valence electrons. The Morgan fingerprint density at radius 1 is 1.32 bits per heavy atom. The van der Waals surface area contributed by atoms with Gasteiger partial charge in [0.2, 0.25) is 0 Å². The molecule has 1 saturated carbocycles. The molecule has 3 unspecified atom stereocenters. The fourth-order valence-corrected chi connectivity index (χ4v) is 4.25. The molecule has 1 fully saturated rings. The molecule has 0 radical (unpaired) electrons. The second-order valence-corrected chi connectivity index (χ2v) is 7.00. The minimum Gasteiger partial charge on any atom is -0.327 e. The number of thioether (sulfide) groups is 1. The van der Waals surface area contributed by atoms with Gasteiger partial charge in [-0.1, -0.05) is 44.4 Å². The zero-order chi connectivity index (χ0) is 13.7. The van der Waals surface area contributed by atoms with Crippen molar-refractivity contribution in [3.8, 4) is 0 Å². The first-order chi connectivity index (χ1) is 9.20. The lowest BCUT2D eigenvalue weighted by Crippen LogP contribution is -2.35. The van der Waals surface area contributed by atoms with Crippen LogP contribution in [0.2, 0.25) is 0 Å². The third-order valence-corrected chi connectivity index (χ3v) is 5.85. The van der Waals surface area contributed by atoms with Crippen LogP contribution in [0.3, 0.4) is 0 Å². The minimum absolute atomic E-state index is 0.360. The summed E-state index contributed by atoms with van der Waals surface area (Å²) in [6, 6.07) is 8.98. The normalized spacial score (nSPS) is 25.2. The molecule has 1 aliphatic rings. The summed E-state index contributed by atoms with van der Waals surface area (Å²) in [4.78, 5) is 1.39. The van der Waals surface area contributed by atoms with Crippen molar-refractivity contribution in [1.29, 1.82) is 0 Å². The third kappa shape index (κ3) is 4.25. The molecule has 0 heterocycles. The van der Waals surface area contributed by atoms with Crippen molar-refractivity contribution >= 4 is 11.8 Å². The Kier molecular flexibility index (Phi) is 5.77. The molecule has 1 aromatic rings. The molecule has 0 amide bonds. The topological polar surface area (TPSA) is 26.0 Å². The van der Waals surface area contributed by atoms with Crippen LogP contribution in [-0.2, 0) is 0 Å². The van der Waals surface area contributed by atoms with Crippen molar-refractivity contribution in [2.75, 3.05) is 5.75 Å². The summed E-state index contributed by atoms with van der Waals surface area (Å²) in [5.41, 5.74) is 7.81. The van der Waals surface area contributed by atoms with Gasteiger partial charge in [-0.15, -0.1) is 11.8 Å². The number of aryl methyl sites for hydroxylation is 1. The highest BCUT2D eigenvalue weighted by molar-refractivity contribution is 7.99. The molecule has 0 aromatic heterocycles. The van der Waals surface area contributed by atoms with E-state index in [0.717, 1.165) is 17.6 Å². The molecule has 3 atom stereocenters. The van der Waals surface area contributed by atoms with Crippen molar-refractivity contribution in [1.82, 2.24) is 0 Å². The Morgan fingerprint density at radius 2 is 2.11 bits per heavy atom. The smallest absolute Gasteiger partial charge is 0.0162 e. The lowest BCUT2D eigenvalue weighted by molar-refractivity contribution is 0.238. The zero-order valence-electron chi connectivity index (χ0n) is 12.3. The van der Waals surface area contributed by atoms with Gasteiger partial charge in [0.1, 0.15) is 0 Å². The van der Waals surface area contributed by atoms with Gasteiger partial charge in [0.15, 0.2) is 0 Å². The van der Waals surface area contributed by atoms with Gasteiger partial charge < -0.3 is 5.73 Å². The summed E-state index contributed by atoms with van der Waals surface area (Å²) >= 11 is 1.93. The van der Waals surface area contributed by atoms with Crippen LogP contribution in [0.4, 0.5) is 0 Å². The van der Waals surface area contributed by atoms with Crippen LogP contribution in [0.25, 0.3) is 0 Å². The summed E-state index contributed by atoms with van der Waals surface area (Å²) in [7, 11) is 0. The average molecular weight is 277 g/mol. The number of hydrogen-bond acceptors (Lipinski definition) is 2. The molecule has 2 heteroatoms. The molecule has 19 heavy (non-hydrogen) atoms. The van der Waals surface area contributed by atoms with E-state index in [1.807, 2.05) is 11.8 Å². The summed E-state index contributed by atoms with van der Waals surface area (Å²) in [6.45, 7) is 4.50. The fraction of sp³-hybridized carbons (Fsp3) is 0.647. The van der Waals surface area contributed by atoms with E-state index >= 15 is 0 Å². The van der Waals surface area contributed by atoms with Crippen LogP contribution in [-0.4, -0.2) is 11.8 Å². The predicted octanol–water partition coefficient (Wildman–Crippen LogP) is 4.63. The van der Waals surface area contributed by atoms with Crippen LogP contribution in [0.15, 0.2) is 29.2 Å². The van der Waals surface area contributed by atoms with Crippen LogP contribution >= 0.6 is 11.8 Å². The highest BCUT2D eigenvalue weighted by atomic mass is 32.2. The van der Waals surface area contributed by atoms with Crippen LogP contribution < -0.4 is 5.73 Å². The highest BCUT2D eigenvalue weighted by Crippen LogP contribution is 2.34. The minimum atomic E-state index is 0.360. The van der Waals surface area contributed by atoms with E-state index in [9.17, 15) is 0 Å². The zero-order valence-corrected chi connectivity index (χ0v) is 13.1. The largest absolute Gasteiger partial charge is 0.327 e. The maximum absolute atomic E-state index is 6.44. The maximum Gasteiger partial charge on any atom is 0.0162 e. The van der Waals surface area contributed by atoms with E-state index in [0.29, 0.717) is 6.04 Å². The lowest BCUT2D eigenvalue weighted by atomic mass is 9.77. The Labute approximate surface area is 122 Å². The maximum atomic E-state index is 6.44. The lowest BCUT2D eigenvalue weighted by Gasteiger charge is -2.32. The van der Waals surface area contributed by atoms with Crippen LogP contribution in [0.5, 0.6) is 0 Å². The summed E-state index contributed by atoms with van der Waals surface area (Å²) in [5, 5.41) is 0. The third-order valence-electron chi connectivity index (χ3n) is 4.53. The molecule has 0 spiro atoms. The van der Waals surface area contributed by atoms with Gasteiger partial charge in [-0.3, -0.25) is 0 Å². The fourth-order valence-electron chi connectivity index (χ4n) is 3.13. The number of hydrogen-bond donors (Lipinski definition) is 1. The second kappa shape index (κ2) is 7.35. The monoisotopic (exact) mass is 277 g/mol. The SMILES string of the molecule is CCC1CCCC(C(N)CSc2ccccc2C)C1. The van der Waals surface area contributed by atoms with Crippen molar-refractivity contribution < 1.29 is 0 Å². The van der Waals surface area contributed by atoms with E-state index < -0.39 is 0 Å². The molecule has 1 aromatic carbocycles. The van der Waals surface area contributed by atoms with E-state index in [1.54, 1.807) is 0 Å². The van der Waals surface area contributed by atoms with Crippen molar-refractivity contribution in [2.45, 2.75) is 56.9 Å². The number of rotatable bonds is 5. The van der Waals surface area contributed by atoms with E-state index in [4.69, 9.17) is 5.73 Å². The molecule has 1 aliphatic carbocycles. The predicted molar refractivity (Wildman–Crippen MR) is 85.6 cm³/mol. The standard InChI is InChI=1S/C17H27NS/c1-3-14-8-6-9-15(11-14)16(18)12-19-17-10-5-4-7-13(17)2/h4-5,7,10,14-16H,3,6,8-9,11-12,18H2,1-2H3. The Hall–Kier alpha value is -0.470. The second-order valence-electron chi connectivity index (χ2n) is 5.94.